The summed E-state index contributed by atoms with van der Waals surface area (Å²) in [6.07, 6.45) is -5.02. The first-order valence-electron chi connectivity index (χ1n) is 10.4. The van der Waals surface area contributed by atoms with Gasteiger partial charge in [-0.1, -0.05) is 25.1 Å². The zero-order chi connectivity index (χ0) is 23.8. The second-order valence-corrected chi connectivity index (χ2v) is 7.89. The summed E-state index contributed by atoms with van der Waals surface area (Å²) in [7, 11) is 0. The van der Waals surface area contributed by atoms with Crippen molar-refractivity contribution in [3.05, 3.63) is 60.2 Å². The normalized spacial score (nSPS) is 18.5. The van der Waals surface area contributed by atoms with E-state index in [1.807, 2.05) is 6.92 Å². The number of aliphatic hydroxyl groups is 1. The Morgan fingerprint density at radius 1 is 1.18 bits per heavy atom. The highest BCUT2D eigenvalue weighted by atomic mass is 19.4. The molecule has 0 aliphatic carbocycles. The van der Waals surface area contributed by atoms with Gasteiger partial charge in [-0.15, -0.1) is 0 Å². The second-order valence-electron chi connectivity index (χ2n) is 7.89. The molecule has 3 aromatic rings. The summed E-state index contributed by atoms with van der Waals surface area (Å²) in [5.41, 5.74) is -1.95. The molecule has 4 rings (SSSR count). The minimum atomic E-state index is -5.08. The van der Waals surface area contributed by atoms with Gasteiger partial charge in [-0.3, -0.25) is 4.79 Å². The fourth-order valence-corrected chi connectivity index (χ4v) is 3.71. The Labute approximate surface area is 188 Å². The largest absolute Gasteiger partial charge is 0.494 e. The van der Waals surface area contributed by atoms with E-state index >= 15 is 0 Å². The number of fused-ring (bicyclic) bond motifs is 1. The van der Waals surface area contributed by atoms with Gasteiger partial charge in [-0.25, -0.2) is 4.98 Å². The van der Waals surface area contributed by atoms with Crippen molar-refractivity contribution in [3.8, 4) is 17.0 Å². The van der Waals surface area contributed by atoms with Gasteiger partial charge in [-0.05, 0) is 49.7 Å². The number of hydrogen-bond donors (Lipinski definition) is 1. The van der Waals surface area contributed by atoms with E-state index in [4.69, 9.17) is 4.74 Å². The van der Waals surface area contributed by atoms with Gasteiger partial charge >= 0.3 is 6.18 Å². The molecule has 0 radical (unpaired) electrons. The highest BCUT2D eigenvalue weighted by molar-refractivity contribution is 6.08. The van der Waals surface area contributed by atoms with Crippen molar-refractivity contribution in [3.63, 3.8) is 0 Å². The second kappa shape index (κ2) is 8.47. The molecule has 1 N–H and O–H groups in total. The standard InChI is InChI=1S/C24H22F3N3O3/c1-3-12-33-17-10-8-16(9-11-17)21-13-19(18-6-4-5-7-20(18)28-21)22(31)30-23(32,24(25,26)27)14-15(2)29-30/h4-11,13,32H,3,12,14H2,1-2H3. The van der Waals surface area contributed by atoms with Gasteiger partial charge in [0.25, 0.3) is 11.6 Å². The first-order valence-corrected chi connectivity index (χ1v) is 10.4. The lowest BCUT2D eigenvalue weighted by Crippen LogP contribution is -2.56. The van der Waals surface area contributed by atoms with Gasteiger partial charge in [0.05, 0.1) is 23.4 Å². The Bertz CT molecular complexity index is 1230. The van der Waals surface area contributed by atoms with Gasteiger partial charge in [0.2, 0.25) is 0 Å². The molecule has 9 heteroatoms. The molecule has 0 bridgehead atoms. The molecule has 1 aliphatic heterocycles. The number of halogens is 3. The quantitative estimate of drug-likeness (QED) is 0.574. The first kappa shape index (κ1) is 22.7. The summed E-state index contributed by atoms with van der Waals surface area (Å²) in [5, 5.41) is 14.6. The lowest BCUT2D eigenvalue weighted by atomic mass is 10.0. The van der Waals surface area contributed by atoms with Crippen molar-refractivity contribution in [1.29, 1.82) is 0 Å². The Balaban J connectivity index is 1.80. The van der Waals surface area contributed by atoms with E-state index in [9.17, 15) is 23.1 Å². The Morgan fingerprint density at radius 2 is 1.88 bits per heavy atom. The molecule has 0 saturated heterocycles. The molecule has 1 aliphatic rings. The number of amides is 1. The van der Waals surface area contributed by atoms with Gasteiger partial charge in [0.15, 0.2) is 0 Å². The zero-order valence-electron chi connectivity index (χ0n) is 18.1. The summed E-state index contributed by atoms with van der Waals surface area (Å²) in [6.45, 7) is 3.91. The maximum Gasteiger partial charge on any atom is 0.438 e. The molecule has 6 nitrogen and oxygen atoms in total. The number of alkyl halides is 3. The number of hydrogen-bond acceptors (Lipinski definition) is 5. The van der Waals surface area contributed by atoms with Crippen LogP contribution in [0, 0.1) is 0 Å². The third kappa shape index (κ3) is 4.16. The van der Waals surface area contributed by atoms with Crippen molar-refractivity contribution in [2.45, 2.75) is 38.6 Å². The van der Waals surface area contributed by atoms with Gasteiger partial charge < -0.3 is 9.84 Å². The number of rotatable bonds is 5. The topological polar surface area (TPSA) is 75.0 Å². The van der Waals surface area contributed by atoms with E-state index < -0.39 is 24.2 Å². The molecule has 2 aromatic carbocycles. The van der Waals surface area contributed by atoms with Crippen LogP contribution in [0.1, 0.15) is 37.0 Å². The highest BCUT2D eigenvalue weighted by Crippen LogP contribution is 2.41. The zero-order valence-corrected chi connectivity index (χ0v) is 18.1. The molecular formula is C24H22F3N3O3. The molecule has 1 atom stereocenters. The SMILES string of the molecule is CCCOc1ccc(-c2cc(C(=O)N3N=C(C)CC3(O)C(F)(F)F)c3ccccc3n2)cc1. The summed E-state index contributed by atoms with van der Waals surface area (Å²) < 4.78 is 46.6. The Hall–Kier alpha value is -3.46. The van der Waals surface area contributed by atoms with Gasteiger partial charge in [-0.2, -0.15) is 23.3 Å². The van der Waals surface area contributed by atoms with Crippen LogP contribution in [-0.2, 0) is 0 Å². The molecule has 1 aromatic heterocycles. The summed E-state index contributed by atoms with van der Waals surface area (Å²) in [5.74, 6) is -0.385. The Morgan fingerprint density at radius 3 is 2.55 bits per heavy atom. The fourth-order valence-electron chi connectivity index (χ4n) is 3.71. The third-order valence-corrected chi connectivity index (χ3v) is 5.34. The van der Waals surface area contributed by atoms with E-state index in [0.717, 1.165) is 6.42 Å². The molecule has 172 valence electrons. The van der Waals surface area contributed by atoms with E-state index in [-0.39, 0.29) is 16.3 Å². The van der Waals surface area contributed by atoms with E-state index in [1.54, 1.807) is 48.5 Å². The average Bonchev–Trinajstić information content (AvgIpc) is 3.12. The van der Waals surface area contributed by atoms with Crippen LogP contribution in [0.15, 0.2) is 59.7 Å². The molecule has 0 saturated carbocycles. The number of nitrogens with zero attached hydrogens (tertiary/aromatic N) is 3. The predicted molar refractivity (Wildman–Crippen MR) is 118 cm³/mol. The molecule has 0 fully saturated rings. The molecule has 1 unspecified atom stereocenters. The number of hydrazone groups is 1. The average molecular weight is 457 g/mol. The molecule has 1 amide bonds. The number of carbonyl (C=O) groups is 1. The molecule has 2 heterocycles. The first-order chi connectivity index (χ1) is 15.6. The predicted octanol–water partition coefficient (Wildman–Crippen LogP) is 5.16. The Kier molecular flexibility index (Phi) is 5.84. The third-order valence-electron chi connectivity index (χ3n) is 5.34. The monoisotopic (exact) mass is 457 g/mol. The van der Waals surface area contributed by atoms with Crippen LogP contribution in [-0.4, -0.2) is 45.2 Å². The highest BCUT2D eigenvalue weighted by Gasteiger charge is 2.62. The number of carbonyl (C=O) groups excluding carboxylic acids is 1. The van der Waals surface area contributed by atoms with Crippen LogP contribution in [0.4, 0.5) is 13.2 Å². The lowest BCUT2D eigenvalue weighted by molar-refractivity contribution is -0.297. The van der Waals surface area contributed by atoms with Gasteiger partial charge in [0.1, 0.15) is 5.75 Å². The summed E-state index contributed by atoms with van der Waals surface area (Å²) >= 11 is 0. The van der Waals surface area contributed by atoms with Crippen molar-refractivity contribution >= 4 is 22.5 Å². The number of aromatic nitrogens is 1. The molecular weight excluding hydrogens is 435 g/mol. The van der Waals surface area contributed by atoms with Gasteiger partial charge in [0, 0.05) is 23.1 Å². The number of benzene rings is 2. The van der Waals surface area contributed by atoms with Crippen molar-refractivity contribution in [1.82, 2.24) is 9.99 Å². The van der Waals surface area contributed by atoms with Crippen LogP contribution >= 0.6 is 0 Å². The summed E-state index contributed by atoms with van der Waals surface area (Å²) in [4.78, 5) is 17.9. The minimum Gasteiger partial charge on any atom is -0.494 e. The number of para-hydroxylation sites is 1. The van der Waals surface area contributed by atoms with Crippen LogP contribution < -0.4 is 4.74 Å². The molecule has 33 heavy (non-hydrogen) atoms. The van der Waals surface area contributed by atoms with E-state index in [0.29, 0.717) is 34.5 Å². The van der Waals surface area contributed by atoms with E-state index in [1.165, 1.54) is 13.0 Å². The van der Waals surface area contributed by atoms with Crippen LogP contribution in [0.5, 0.6) is 5.75 Å². The van der Waals surface area contributed by atoms with E-state index in [2.05, 4.69) is 10.1 Å². The summed E-state index contributed by atoms with van der Waals surface area (Å²) in [6, 6.07) is 15.1. The van der Waals surface area contributed by atoms with Crippen molar-refractivity contribution in [2.24, 2.45) is 5.10 Å². The molecule has 0 spiro atoms. The van der Waals surface area contributed by atoms with Crippen LogP contribution in [0.3, 0.4) is 0 Å². The smallest absolute Gasteiger partial charge is 0.438 e. The lowest BCUT2D eigenvalue weighted by Gasteiger charge is -2.32. The fraction of sp³-hybridized carbons (Fsp3) is 0.292. The number of ether oxygens (including phenoxy) is 1. The van der Waals surface area contributed by atoms with Crippen LogP contribution in [0.2, 0.25) is 0 Å². The van der Waals surface area contributed by atoms with Crippen molar-refractivity contribution < 1.29 is 27.8 Å². The van der Waals surface area contributed by atoms with Crippen molar-refractivity contribution in [2.75, 3.05) is 6.61 Å². The van der Waals surface area contributed by atoms with Crippen LogP contribution in [0.25, 0.3) is 22.2 Å². The maximum atomic E-state index is 13.7. The minimum absolute atomic E-state index is 0.00410. The maximum absolute atomic E-state index is 13.7. The number of pyridine rings is 1.